The molecule has 96 valence electrons. The third kappa shape index (κ3) is 2.97. The lowest BCUT2D eigenvalue weighted by Gasteiger charge is -2.43. The Hall–Kier alpha value is -1.10. The normalized spacial score (nSPS) is 31.5. The lowest BCUT2D eigenvalue weighted by molar-refractivity contribution is -0.138. The smallest absolute Gasteiger partial charge is 0.304 e. The number of fused-ring (bicyclic) bond motifs is 1. The fourth-order valence-electron chi connectivity index (χ4n) is 2.92. The van der Waals surface area contributed by atoms with Crippen molar-refractivity contribution in [2.45, 2.75) is 44.7 Å². The first-order valence-corrected chi connectivity index (χ1v) is 6.31. The van der Waals surface area contributed by atoms with Crippen LogP contribution in [-0.4, -0.2) is 47.1 Å². The molecular formula is C12H20N2O3. The third-order valence-corrected chi connectivity index (χ3v) is 3.95. The maximum absolute atomic E-state index is 11.3. The van der Waals surface area contributed by atoms with Gasteiger partial charge in [0.25, 0.3) is 0 Å². The van der Waals surface area contributed by atoms with Crippen LogP contribution in [0.5, 0.6) is 0 Å². The molecule has 2 aliphatic rings. The van der Waals surface area contributed by atoms with Gasteiger partial charge in [-0.15, -0.1) is 0 Å². The second-order valence-corrected chi connectivity index (χ2v) is 5.20. The van der Waals surface area contributed by atoms with Gasteiger partial charge in [0.2, 0.25) is 5.91 Å². The fourth-order valence-corrected chi connectivity index (χ4v) is 2.92. The van der Waals surface area contributed by atoms with E-state index >= 15 is 0 Å². The van der Waals surface area contributed by atoms with Crippen molar-refractivity contribution in [3.8, 4) is 0 Å². The lowest BCUT2D eigenvalue weighted by atomic mass is 9.84. The number of likely N-dealkylation sites (tertiary alicyclic amines) is 1. The summed E-state index contributed by atoms with van der Waals surface area (Å²) >= 11 is 0. The summed E-state index contributed by atoms with van der Waals surface area (Å²) in [7, 11) is 0. The number of amides is 1. The minimum atomic E-state index is -0.739. The van der Waals surface area contributed by atoms with Crippen molar-refractivity contribution in [1.29, 1.82) is 0 Å². The summed E-state index contributed by atoms with van der Waals surface area (Å²) in [4.78, 5) is 24.2. The van der Waals surface area contributed by atoms with E-state index in [4.69, 9.17) is 5.11 Å². The standard InChI is InChI=1S/C12H20N2O3/c1-8(6-12(16)17)14-5-4-10-9(7-14)2-3-11(15)13-10/h8-10H,2-7H2,1H3,(H,13,15)(H,16,17). The van der Waals surface area contributed by atoms with Gasteiger partial charge in [0, 0.05) is 31.6 Å². The van der Waals surface area contributed by atoms with E-state index in [2.05, 4.69) is 10.2 Å². The van der Waals surface area contributed by atoms with E-state index < -0.39 is 5.97 Å². The maximum Gasteiger partial charge on any atom is 0.304 e. The molecule has 2 heterocycles. The van der Waals surface area contributed by atoms with Gasteiger partial charge in [-0.1, -0.05) is 0 Å². The summed E-state index contributed by atoms with van der Waals surface area (Å²) < 4.78 is 0. The molecule has 0 aromatic heterocycles. The van der Waals surface area contributed by atoms with Crippen LogP contribution in [0.4, 0.5) is 0 Å². The average molecular weight is 240 g/mol. The first-order chi connectivity index (χ1) is 8.06. The molecule has 2 rings (SSSR count). The molecule has 2 aliphatic heterocycles. The van der Waals surface area contributed by atoms with E-state index in [1.807, 2.05) is 6.92 Å². The quantitative estimate of drug-likeness (QED) is 0.751. The molecule has 1 amide bonds. The van der Waals surface area contributed by atoms with Gasteiger partial charge in [-0.05, 0) is 25.7 Å². The van der Waals surface area contributed by atoms with E-state index in [1.165, 1.54) is 0 Å². The van der Waals surface area contributed by atoms with Crippen molar-refractivity contribution >= 4 is 11.9 Å². The van der Waals surface area contributed by atoms with Gasteiger partial charge < -0.3 is 10.4 Å². The van der Waals surface area contributed by atoms with Crippen molar-refractivity contribution in [2.75, 3.05) is 13.1 Å². The predicted molar refractivity (Wildman–Crippen MR) is 62.6 cm³/mol. The van der Waals surface area contributed by atoms with Crippen molar-refractivity contribution in [3.63, 3.8) is 0 Å². The van der Waals surface area contributed by atoms with Crippen LogP contribution in [0.2, 0.25) is 0 Å². The second-order valence-electron chi connectivity index (χ2n) is 5.20. The molecule has 3 unspecified atom stereocenters. The molecule has 5 nitrogen and oxygen atoms in total. The van der Waals surface area contributed by atoms with Crippen LogP contribution in [0, 0.1) is 5.92 Å². The SMILES string of the molecule is CC(CC(=O)O)N1CCC2NC(=O)CCC2C1. The number of carboxylic acids is 1. The number of rotatable bonds is 3. The van der Waals surface area contributed by atoms with Crippen LogP contribution in [0.25, 0.3) is 0 Å². The largest absolute Gasteiger partial charge is 0.481 e. The Balaban J connectivity index is 1.89. The molecule has 17 heavy (non-hydrogen) atoms. The minimum absolute atomic E-state index is 0.0890. The number of carbonyl (C=O) groups is 2. The fraction of sp³-hybridized carbons (Fsp3) is 0.833. The summed E-state index contributed by atoms with van der Waals surface area (Å²) in [5.74, 6) is -0.0763. The molecule has 0 bridgehead atoms. The maximum atomic E-state index is 11.3. The number of carbonyl (C=O) groups excluding carboxylic acids is 1. The number of nitrogens with one attached hydrogen (secondary N) is 1. The van der Waals surface area contributed by atoms with Gasteiger partial charge in [0.05, 0.1) is 6.42 Å². The third-order valence-electron chi connectivity index (χ3n) is 3.95. The Bertz CT molecular complexity index is 319. The van der Waals surface area contributed by atoms with Crippen molar-refractivity contribution in [3.05, 3.63) is 0 Å². The second kappa shape index (κ2) is 5.04. The van der Waals surface area contributed by atoms with Crippen molar-refractivity contribution in [2.24, 2.45) is 5.92 Å². The summed E-state index contributed by atoms with van der Waals surface area (Å²) in [6, 6.07) is 0.399. The number of hydrogen-bond acceptors (Lipinski definition) is 3. The summed E-state index contributed by atoms with van der Waals surface area (Å²) in [6.07, 6.45) is 2.69. The van der Waals surface area contributed by atoms with Crippen LogP contribution in [-0.2, 0) is 9.59 Å². The number of aliphatic carboxylic acids is 1. The van der Waals surface area contributed by atoms with E-state index in [9.17, 15) is 9.59 Å². The van der Waals surface area contributed by atoms with Crippen LogP contribution in [0.15, 0.2) is 0 Å². The zero-order valence-corrected chi connectivity index (χ0v) is 10.2. The zero-order chi connectivity index (χ0) is 12.4. The number of piperidine rings is 2. The van der Waals surface area contributed by atoms with Gasteiger partial charge >= 0.3 is 5.97 Å². The summed E-state index contributed by atoms with van der Waals surface area (Å²) in [5, 5.41) is 11.8. The highest BCUT2D eigenvalue weighted by atomic mass is 16.4. The molecule has 0 saturated carbocycles. The number of hydrogen-bond donors (Lipinski definition) is 2. The topological polar surface area (TPSA) is 69.6 Å². The Labute approximate surface area is 101 Å². The van der Waals surface area contributed by atoms with Crippen LogP contribution in [0.3, 0.4) is 0 Å². The Morgan fingerprint density at radius 2 is 2.35 bits per heavy atom. The van der Waals surface area contributed by atoms with Crippen LogP contribution >= 0.6 is 0 Å². The van der Waals surface area contributed by atoms with Gasteiger partial charge in [-0.25, -0.2) is 0 Å². The highest BCUT2D eigenvalue weighted by Crippen LogP contribution is 2.26. The Morgan fingerprint density at radius 3 is 3.06 bits per heavy atom. The molecule has 2 saturated heterocycles. The first kappa shape index (κ1) is 12.4. The number of carboxylic acid groups (broad SMARTS) is 1. The first-order valence-electron chi connectivity index (χ1n) is 6.31. The van der Waals surface area contributed by atoms with E-state index in [0.717, 1.165) is 25.9 Å². The molecule has 0 spiro atoms. The highest BCUT2D eigenvalue weighted by molar-refractivity contribution is 5.77. The molecule has 0 aromatic carbocycles. The van der Waals surface area contributed by atoms with E-state index in [1.54, 1.807) is 0 Å². The van der Waals surface area contributed by atoms with Crippen LogP contribution in [0.1, 0.15) is 32.6 Å². The van der Waals surface area contributed by atoms with Crippen LogP contribution < -0.4 is 5.32 Å². The van der Waals surface area contributed by atoms with Crippen molar-refractivity contribution in [1.82, 2.24) is 10.2 Å². The molecule has 0 aliphatic carbocycles. The van der Waals surface area contributed by atoms with Gasteiger partial charge in [0.1, 0.15) is 0 Å². The molecule has 5 heteroatoms. The Morgan fingerprint density at radius 1 is 1.59 bits per heavy atom. The minimum Gasteiger partial charge on any atom is -0.481 e. The monoisotopic (exact) mass is 240 g/mol. The van der Waals surface area contributed by atoms with E-state index in [0.29, 0.717) is 18.4 Å². The molecule has 0 aromatic rings. The van der Waals surface area contributed by atoms with Gasteiger partial charge in [-0.3, -0.25) is 14.5 Å². The number of nitrogens with zero attached hydrogens (tertiary/aromatic N) is 1. The van der Waals surface area contributed by atoms with Crippen molar-refractivity contribution < 1.29 is 14.7 Å². The summed E-state index contributed by atoms with van der Waals surface area (Å²) in [6.45, 7) is 3.77. The molecule has 2 fully saturated rings. The average Bonchev–Trinajstić information content (AvgIpc) is 2.27. The Kier molecular flexibility index (Phi) is 3.66. The molecule has 3 atom stereocenters. The zero-order valence-electron chi connectivity index (χ0n) is 10.2. The predicted octanol–water partition coefficient (Wildman–Crippen LogP) is 0.450. The highest BCUT2D eigenvalue weighted by Gasteiger charge is 2.35. The van der Waals surface area contributed by atoms with Gasteiger partial charge in [0.15, 0.2) is 0 Å². The lowest BCUT2D eigenvalue weighted by Crippen LogP contribution is -2.55. The van der Waals surface area contributed by atoms with Gasteiger partial charge in [-0.2, -0.15) is 0 Å². The molecule has 2 N–H and O–H groups in total. The molecule has 0 radical (unpaired) electrons. The molecular weight excluding hydrogens is 220 g/mol. The van der Waals surface area contributed by atoms with E-state index in [-0.39, 0.29) is 18.4 Å². The summed E-state index contributed by atoms with van der Waals surface area (Å²) in [5.41, 5.74) is 0.